The molecule has 41 heavy (non-hydrogen) atoms. The smallest absolute Gasteiger partial charge is 0.245 e. The van der Waals surface area contributed by atoms with Crippen molar-refractivity contribution < 1.29 is 19.2 Å². The summed E-state index contributed by atoms with van der Waals surface area (Å²) in [6.45, 7) is 11.3. The highest BCUT2D eigenvalue weighted by molar-refractivity contribution is 6.09. The molecule has 1 aliphatic rings. The van der Waals surface area contributed by atoms with Crippen LogP contribution in [-0.2, 0) is 20.9 Å². The van der Waals surface area contributed by atoms with Crippen LogP contribution in [0.2, 0.25) is 0 Å². The van der Waals surface area contributed by atoms with Crippen molar-refractivity contribution in [1.29, 1.82) is 0 Å². The van der Waals surface area contributed by atoms with Crippen molar-refractivity contribution in [2.24, 2.45) is 28.9 Å². The van der Waals surface area contributed by atoms with Crippen molar-refractivity contribution in [3.63, 3.8) is 0 Å². The second-order valence-electron chi connectivity index (χ2n) is 13.1. The number of rotatable bonds is 12. The molecule has 1 heterocycles. The van der Waals surface area contributed by atoms with Crippen LogP contribution >= 0.6 is 0 Å². The Labute approximate surface area is 245 Å². The standard InChI is InChI=1S/C34H47N3O4/c1-23(2)20-28(27(31(35)39)17-18-34(3,4)5)32(40)36-29-16-9-10-19-37(33(29)41)22-24-12-11-15-26(21-24)30(38)25-13-7-6-8-14-25/h6-8,11-15,21,23,27-29H,9-10,16-20,22H2,1-5H3,(H2,35,39)(H,36,40). The van der Waals surface area contributed by atoms with Gasteiger partial charge in [0.15, 0.2) is 5.78 Å². The largest absolute Gasteiger partial charge is 0.369 e. The topological polar surface area (TPSA) is 110 Å². The van der Waals surface area contributed by atoms with Gasteiger partial charge in [-0.2, -0.15) is 0 Å². The fourth-order valence-electron chi connectivity index (χ4n) is 5.55. The van der Waals surface area contributed by atoms with Gasteiger partial charge in [-0.25, -0.2) is 0 Å². The lowest BCUT2D eigenvalue weighted by molar-refractivity contribution is -0.139. The van der Waals surface area contributed by atoms with E-state index >= 15 is 0 Å². The predicted molar refractivity (Wildman–Crippen MR) is 162 cm³/mol. The Morgan fingerprint density at radius 3 is 2.29 bits per heavy atom. The van der Waals surface area contributed by atoms with Crippen molar-refractivity contribution in [3.8, 4) is 0 Å². The highest BCUT2D eigenvalue weighted by Gasteiger charge is 2.36. The van der Waals surface area contributed by atoms with E-state index in [9.17, 15) is 19.2 Å². The maximum Gasteiger partial charge on any atom is 0.245 e. The van der Waals surface area contributed by atoms with Gasteiger partial charge in [0, 0.05) is 36.1 Å². The van der Waals surface area contributed by atoms with E-state index in [0.717, 1.165) is 24.8 Å². The second kappa shape index (κ2) is 14.4. The number of amides is 3. The molecule has 0 aromatic heterocycles. The first-order chi connectivity index (χ1) is 19.4. The summed E-state index contributed by atoms with van der Waals surface area (Å²) >= 11 is 0. The van der Waals surface area contributed by atoms with Gasteiger partial charge in [-0.1, -0.05) is 83.1 Å². The predicted octanol–water partition coefficient (Wildman–Crippen LogP) is 5.51. The summed E-state index contributed by atoms with van der Waals surface area (Å²) in [7, 11) is 0. The molecule has 7 nitrogen and oxygen atoms in total. The molecule has 3 rings (SSSR count). The third-order valence-electron chi connectivity index (χ3n) is 7.81. The maximum atomic E-state index is 13.7. The number of nitrogens with zero attached hydrogens (tertiary/aromatic N) is 1. The van der Waals surface area contributed by atoms with Crippen LogP contribution in [0.15, 0.2) is 54.6 Å². The summed E-state index contributed by atoms with van der Waals surface area (Å²) in [6.07, 6.45) is 4.00. The molecule has 7 heteroatoms. The molecule has 0 radical (unpaired) electrons. The van der Waals surface area contributed by atoms with Crippen molar-refractivity contribution in [1.82, 2.24) is 10.2 Å². The van der Waals surface area contributed by atoms with E-state index in [1.165, 1.54) is 0 Å². The van der Waals surface area contributed by atoms with Crippen molar-refractivity contribution in [2.75, 3.05) is 6.54 Å². The summed E-state index contributed by atoms with van der Waals surface area (Å²) < 4.78 is 0. The van der Waals surface area contributed by atoms with Gasteiger partial charge in [-0.3, -0.25) is 19.2 Å². The van der Waals surface area contributed by atoms with E-state index in [0.29, 0.717) is 43.5 Å². The van der Waals surface area contributed by atoms with Gasteiger partial charge in [0.05, 0.1) is 0 Å². The first kappa shape index (κ1) is 32.0. The van der Waals surface area contributed by atoms with Crippen LogP contribution in [0.3, 0.4) is 0 Å². The van der Waals surface area contributed by atoms with Crippen LogP contribution in [0.25, 0.3) is 0 Å². The molecule has 2 aromatic carbocycles. The molecule has 0 spiro atoms. The minimum Gasteiger partial charge on any atom is -0.369 e. The zero-order valence-corrected chi connectivity index (χ0v) is 25.3. The molecular weight excluding hydrogens is 514 g/mol. The highest BCUT2D eigenvalue weighted by atomic mass is 16.2. The van der Waals surface area contributed by atoms with Gasteiger partial charge in [0.2, 0.25) is 17.7 Å². The van der Waals surface area contributed by atoms with Crippen LogP contribution in [0.4, 0.5) is 0 Å². The fraction of sp³-hybridized carbons (Fsp3) is 0.529. The Balaban J connectivity index is 1.75. The van der Waals surface area contributed by atoms with Crippen molar-refractivity contribution in [2.45, 2.75) is 85.7 Å². The Hall–Kier alpha value is -3.48. The van der Waals surface area contributed by atoms with Gasteiger partial charge >= 0.3 is 0 Å². The molecule has 1 fully saturated rings. The highest BCUT2D eigenvalue weighted by Crippen LogP contribution is 2.31. The molecule has 3 N–H and O–H groups in total. The van der Waals surface area contributed by atoms with Crippen LogP contribution in [0.1, 0.15) is 94.6 Å². The number of likely N-dealkylation sites (tertiary alicyclic amines) is 1. The Morgan fingerprint density at radius 1 is 0.976 bits per heavy atom. The molecular formula is C34H47N3O4. The number of benzene rings is 2. The maximum absolute atomic E-state index is 13.7. The Kier molecular flexibility index (Phi) is 11.3. The van der Waals surface area contributed by atoms with E-state index in [1.54, 1.807) is 23.1 Å². The molecule has 222 valence electrons. The fourth-order valence-corrected chi connectivity index (χ4v) is 5.55. The third kappa shape index (κ3) is 9.55. The second-order valence-corrected chi connectivity index (χ2v) is 13.1. The summed E-state index contributed by atoms with van der Waals surface area (Å²) in [4.78, 5) is 54.6. The lowest BCUT2D eigenvalue weighted by Crippen LogP contribution is -2.50. The normalized spacial score (nSPS) is 17.6. The quantitative estimate of drug-likeness (QED) is 0.333. The average molecular weight is 562 g/mol. The minimum atomic E-state index is -0.662. The molecule has 0 saturated carbocycles. The number of carbonyl (C=O) groups is 4. The van der Waals surface area contributed by atoms with Crippen LogP contribution in [0, 0.1) is 23.2 Å². The van der Waals surface area contributed by atoms with Gasteiger partial charge in [0.1, 0.15) is 6.04 Å². The molecule has 1 saturated heterocycles. The summed E-state index contributed by atoms with van der Waals surface area (Å²) in [6, 6.07) is 15.8. The molecule has 3 amide bonds. The first-order valence-corrected chi connectivity index (χ1v) is 14.9. The summed E-state index contributed by atoms with van der Waals surface area (Å²) in [5, 5.41) is 3.02. The monoisotopic (exact) mass is 561 g/mol. The number of hydrogen-bond acceptors (Lipinski definition) is 4. The molecule has 3 unspecified atom stereocenters. The van der Waals surface area contributed by atoms with Crippen molar-refractivity contribution in [3.05, 3.63) is 71.3 Å². The lowest BCUT2D eigenvalue weighted by atomic mass is 9.78. The molecule has 2 aromatic rings. The van der Waals surface area contributed by atoms with E-state index in [-0.39, 0.29) is 28.9 Å². The number of nitrogens with two attached hydrogens (primary N) is 1. The average Bonchev–Trinajstić information content (AvgIpc) is 3.08. The van der Waals surface area contributed by atoms with Crippen LogP contribution in [-0.4, -0.2) is 41.0 Å². The van der Waals surface area contributed by atoms with Crippen LogP contribution < -0.4 is 11.1 Å². The number of primary amides is 1. The van der Waals surface area contributed by atoms with Gasteiger partial charge in [0.25, 0.3) is 0 Å². The third-order valence-corrected chi connectivity index (χ3v) is 7.81. The first-order valence-electron chi connectivity index (χ1n) is 14.9. The Morgan fingerprint density at radius 2 is 1.66 bits per heavy atom. The molecule has 0 bridgehead atoms. The number of nitrogens with one attached hydrogen (secondary N) is 1. The van der Waals surface area contributed by atoms with E-state index in [2.05, 4.69) is 26.1 Å². The van der Waals surface area contributed by atoms with E-state index in [1.807, 2.05) is 50.2 Å². The van der Waals surface area contributed by atoms with Gasteiger partial charge < -0.3 is 16.0 Å². The molecule has 0 aliphatic carbocycles. The zero-order chi connectivity index (χ0) is 30.2. The number of ketones is 1. The van der Waals surface area contributed by atoms with Crippen molar-refractivity contribution >= 4 is 23.5 Å². The van der Waals surface area contributed by atoms with Gasteiger partial charge in [-0.05, 0) is 61.5 Å². The summed E-state index contributed by atoms with van der Waals surface area (Å²) in [5.41, 5.74) is 7.89. The minimum absolute atomic E-state index is 0.00727. The molecule has 1 aliphatic heterocycles. The lowest BCUT2D eigenvalue weighted by Gasteiger charge is -2.30. The Bertz CT molecular complexity index is 1200. The summed E-state index contributed by atoms with van der Waals surface area (Å²) in [5.74, 6) is -1.91. The number of carbonyl (C=O) groups excluding carboxylic acids is 4. The number of hydrogen-bond donors (Lipinski definition) is 2. The van der Waals surface area contributed by atoms with E-state index in [4.69, 9.17) is 5.73 Å². The zero-order valence-electron chi connectivity index (χ0n) is 25.3. The van der Waals surface area contributed by atoms with Gasteiger partial charge in [-0.15, -0.1) is 0 Å². The molecule has 3 atom stereocenters. The van der Waals surface area contributed by atoms with E-state index < -0.39 is 23.8 Å². The van der Waals surface area contributed by atoms with Crippen LogP contribution in [0.5, 0.6) is 0 Å². The SMILES string of the molecule is CC(C)CC(C(=O)NC1CCCCN(Cc2cccc(C(=O)c3ccccc3)c2)C1=O)C(CCC(C)(C)C)C(N)=O.